The summed E-state index contributed by atoms with van der Waals surface area (Å²) < 4.78 is 1.90. The summed E-state index contributed by atoms with van der Waals surface area (Å²) in [4.78, 5) is 2.68. The van der Waals surface area contributed by atoms with Gasteiger partial charge in [-0.15, -0.1) is 0 Å². The van der Waals surface area contributed by atoms with E-state index >= 15 is 0 Å². The topological polar surface area (TPSA) is 33.1 Å². The summed E-state index contributed by atoms with van der Waals surface area (Å²) in [7, 11) is 1.99. The second kappa shape index (κ2) is 7.79. The van der Waals surface area contributed by atoms with E-state index in [0.717, 1.165) is 19.5 Å². The minimum atomic E-state index is 0.601. The summed E-state index contributed by atoms with van der Waals surface area (Å²) in [5, 5.41) is 7.94. The van der Waals surface area contributed by atoms with E-state index in [9.17, 15) is 0 Å². The van der Waals surface area contributed by atoms with Crippen molar-refractivity contribution in [2.75, 3.05) is 19.6 Å². The van der Waals surface area contributed by atoms with Gasteiger partial charge in [-0.1, -0.05) is 13.3 Å². The normalized spacial score (nSPS) is 22.1. The summed E-state index contributed by atoms with van der Waals surface area (Å²) in [6.45, 7) is 8.13. The zero-order valence-electron chi connectivity index (χ0n) is 13.3. The predicted octanol–water partition coefficient (Wildman–Crippen LogP) is 2.21. The number of rotatable bonds is 7. The van der Waals surface area contributed by atoms with Crippen molar-refractivity contribution in [3.63, 3.8) is 0 Å². The van der Waals surface area contributed by atoms with Crippen LogP contribution < -0.4 is 5.32 Å². The van der Waals surface area contributed by atoms with E-state index in [1.165, 1.54) is 37.8 Å². The number of piperidine rings is 1. The van der Waals surface area contributed by atoms with E-state index in [1.54, 1.807) is 0 Å². The van der Waals surface area contributed by atoms with E-state index in [0.29, 0.717) is 12.1 Å². The number of aromatic nitrogens is 2. The van der Waals surface area contributed by atoms with Crippen molar-refractivity contribution in [2.24, 2.45) is 7.05 Å². The Morgan fingerprint density at radius 3 is 3.00 bits per heavy atom. The Hall–Kier alpha value is -0.870. The molecule has 0 amide bonds. The molecule has 1 aliphatic rings. The van der Waals surface area contributed by atoms with Crippen LogP contribution in [0.5, 0.6) is 0 Å². The Bertz CT molecular complexity index is 388. The van der Waals surface area contributed by atoms with Crippen LogP contribution in [-0.4, -0.2) is 46.4 Å². The lowest BCUT2D eigenvalue weighted by Gasteiger charge is -2.39. The molecule has 2 rings (SSSR count). The number of hydrogen-bond donors (Lipinski definition) is 1. The molecule has 0 radical (unpaired) electrons. The summed E-state index contributed by atoms with van der Waals surface area (Å²) in [5.41, 5.74) is 1.35. The molecule has 1 N–H and O–H groups in total. The summed E-state index contributed by atoms with van der Waals surface area (Å²) >= 11 is 0. The minimum Gasteiger partial charge on any atom is -0.313 e. The molecule has 0 spiro atoms. The van der Waals surface area contributed by atoms with Gasteiger partial charge < -0.3 is 5.32 Å². The molecule has 2 heterocycles. The Balaban J connectivity index is 1.86. The van der Waals surface area contributed by atoms with Crippen LogP contribution in [0.2, 0.25) is 0 Å². The van der Waals surface area contributed by atoms with Crippen molar-refractivity contribution in [1.29, 1.82) is 0 Å². The Morgan fingerprint density at radius 1 is 1.45 bits per heavy atom. The van der Waals surface area contributed by atoms with Crippen molar-refractivity contribution in [2.45, 2.75) is 58.0 Å². The molecule has 1 saturated heterocycles. The SMILES string of the molecule is CCCNC(C)C1CCCCN1CCc1cnn(C)c1. The molecule has 2 atom stereocenters. The average molecular weight is 278 g/mol. The molecule has 2 unspecified atom stereocenters. The minimum absolute atomic E-state index is 0.601. The second-order valence-electron chi connectivity index (χ2n) is 6.11. The van der Waals surface area contributed by atoms with Crippen LogP contribution in [0.3, 0.4) is 0 Å². The molecule has 0 aromatic carbocycles. The van der Waals surface area contributed by atoms with Gasteiger partial charge in [0.1, 0.15) is 0 Å². The fourth-order valence-corrected chi connectivity index (χ4v) is 3.24. The number of aryl methyl sites for hydroxylation is 1. The maximum atomic E-state index is 4.26. The van der Waals surface area contributed by atoms with Crippen LogP contribution in [-0.2, 0) is 13.5 Å². The molecule has 0 bridgehead atoms. The zero-order valence-corrected chi connectivity index (χ0v) is 13.3. The molecule has 1 aromatic heterocycles. The molecule has 1 aromatic rings. The van der Waals surface area contributed by atoms with Crippen molar-refractivity contribution in [3.8, 4) is 0 Å². The van der Waals surface area contributed by atoms with Crippen LogP contribution in [0.15, 0.2) is 12.4 Å². The zero-order chi connectivity index (χ0) is 14.4. The van der Waals surface area contributed by atoms with Crippen LogP contribution >= 0.6 is 0 Å². The molecule has 0 aliphatic carbocycles. The van der Waals surface area contributed by atoms with Gasteiger partial charge >= 0.3 is 0 Å². The predicted molar refractivity (Wildman–Crippen MR) is 83.9 cm³/mol. The summed E-state index contributed by atoms with van der Waals surface area (Å²) in [6.07, 6.45) is 10.5. The maximum absolute atomic E-state index is 4.26. The molecule has 4 nitrogen and oxygen atoms in total. The lowest BCUT2D eigenvalue weighted by molar-refractivity contribution is 0.121. The molecule has 0 saturated carbocycles. The van der Waals surface area contributed by atoms with E-state index in [1.807, 2.05) is 17.9 Å². The highest BCUT2D eigenvalue weighted by atomic mass is 15.2. The molecular formula is C16H30N4. The standard InChI is InChI=1S/C16H30N4/c1-4-9-17-14(2)16-7-5-6-10-20(16)11-8-15-12-18-19(3)13-15/h12-14,16-17H,4-11H2,1-3H3. The van der Waals surface area contributed by atoms with E-state index < -0.39 is 0 Å². The van der Waals surface area contributed by atoms with Gasteiger partial charge in [-0.25, -0.2) is 0 Å². The van der Waals surface area contributed by atoms with Crippen LogP contribution in [0.25, 0.3) is 0 Å². The first-order chi connectivity index (χ1) is 9.70. The lowest BCUT2D eigenvalue weighted by atomic mass is 9.96. The Kier molecular flexibility index (Phi) is 6.05. The van der Waals surface area contributed by atoms with Gasteiger partial charge in [-0.3, -0.25) is 9.58 Å². The van der Waals surface area contributed by atoms with Gasteiger partial charge in [0.2, 0.25) is 0 Å². The van der Waals surface area contributed by atoms with Gasteiger partial charge in [0.05, 0.1) is 6.20 Å². The highest BCUT2D eigenvalue weighted by Crippen LogP contribution is 2.20. The number of hydrogen-bond acceptors (Lipinski definition) is 3. The maximum Gasteiger partial charge on any atom is 0.0522 e. The molecule has 4 heteroatoms. The first kappa shape index (κ1) is 15.5. The average Bonchev–Trinajstić information content (AvgIpc) is 2.88. The first-order valence-electron chi connectivity index (χ1n) is 8.15. The van der Waals surface area contributed by atoms with Crippen molar-refractivity contribution in [1.82, 2.24) is 20.0 Å². The largest absolute Gasteiger partial charge is 0.313 e. The number of nitrogens with one attached hydrogen (secondary N) is 1. The fraction of sp³-hybridized carbons (Fsp3) is 0.812. The third-order valence-electron chi connectivity index (χ3n) is 4.40. The van der Waals surface area contributed by atoms with Gasteiger partial charge in [0.15, 0.2) is 0 Å². The first-order valence-corrected chi connectivity index (χ1v) is 8.15. The number of likely N-dealkylation sites (tertiary alicyclic amines) is 1. The van der Waals surface area contributed by atoms with E-state index in [-0.39, 0.29) is 0 Å². The smallest absolute Gasteiger partial charge is 0.0522 e. The molecular weight excluding hydrogens is 248 g/mol. The van der Waals surface area contributed by atoms with Crippen LogP contribution in [0.4, 0.5) is 0 Å². The van der Waals surface area contributed by atoms with Crippen molar-refractivity contribution in [3.05, 3.63) is 18.0 Å². The van der Waals surface area contributed by atoms with Gasteiger partial charge in [-0.2, -0.15) is 5.10 Å². The third kappa shape index (κ3) is 4.32. The quantitative estimate of drug-likeness (QED) is 0.830. The molecule has 114 valence electrons. The molecule has 1 aliphatic heterocycles. The second-order valence-corrected chi connectivity index (χ2v) is 6.11. The monoisotopic (exact) mass is 278 g/mol. The highest BCUT2D eigenvalue weighted by molar-refractivity contribution is 5.04. The van der Waals surface area contributed by atoms with Gasteiger partial charge in [-0.05, 0) is 51.3 Å². The van der Waals surface area contributed by atoms with Crippen molar-refractivity contribution < 1.29 is 0 Å². The van der Waals surface area contributed by atoms with Crippen LogP contribution in [0.1, 0.15) is 45.1 Å². The highest BCUT2D eigenvalue weighted by Gasteiger charge is 2.26. The van der Waals surface area contributed by atoms with Gasteiger partial charge in [0.25, 0.3) is 0 Å². The molecule has 1 fully saturated rings. The van der Waals surface area contributed by atoms with E-state index in [2.05, 4.69) is 35.4 Å². The third-order valence-corrected chi connectivity index (χ3v) is 4.40. The Morgan fingerprint density at radius 2 is 2.30 bits per heavy atom. The lowest BCUT2D eigenvalue weighted by Crippen LogP contribution is -2.51. The van der Waals surface area contributed by atoms with E-state index in [4.69, 9.17) is 0 Å². The fourth-order valence-electron chi connectivity index (χ4n) is 3.24. The van der Waals surface area contributed by atoms with Crippen LogP contribution in [0, 0.1) is 0 Å². The summed E-state index contributed by atoms with van der Waals surface area (Å²) in [5.74, 6) is 0. The molecule has 20 heavy (non-hydrogen) atoms. The van der Waals surface area contributed by atoms with Crippen molar-refractivity contribution >= 4 is 0 Å². The summed E-state index contributed by atoms with van der Waals surface area (Å²) in [6, 6.07) is 1.30. The Labute approximate surface area is 123 Å². The number of nitrogens with zero attached hydrogens (tertiary/aromatic N) is 3. The van der Waals surface area contributed by atoms with Gasteiger partial charge in [0, 0.05) is 31.9 Å².